The van der Waals surface area contributed by atoms with Crippen LogP contribution in [0.5, 0.6) is 0 Å². The lowest BCUT2D eigenvalue weighted by Crippen LogP contribution is -2.08. The maximum Gasteiger partial charge on any atom is 0.183 e. The molecule has 0 radical (unpaired) electrons. The number of ketones is 1. The molecule has 0 N–H and O–H groups in total. The van der Waals surface area contributed by atoms with Gasteiger partial charge in [0.1, 0.15) is 5.69 Å². The van der Waals surface area contributed by atoms with E-state index >= 15 is 0 Å². The van der Waals surface area contributed by atoms with E-state index in [0.29, 0.717) is 24.6 Å². The number of rotatable bonds is 7. The van der Waals surface area contributed by atoms with Gasteiger partial charge in [-0.05, 0) is 37.0 Å². The molecule has 0 atom stereocenters. The summed E-state index contributed by atoms with van der Waals surface area (Å²) >= 11 is 0. The second kappa shape index (κ2) is 7.17. The molecule has 0 aliphatic heterocycles. The van der Waals surface area contributed by atoms with Crippen LogP contribution in [0.15, 0.2) is 18.3 Å². The van der Waals surface area contributed by atoms with E-state index in [1.807, 2.05) is 19.1 Å². The number of nitrogens with zero attached hydrogens (tertiary/aromatic N) is 1. The second-order valence-corrected chi connectivity index (χ2v) is 4.69. The zero-order valence-corrected chi connectivity index (χ0v) is 10.9. The highest BCUT2D eigenvalue weighted by atomic mass is 16.5. The van der Waals surface area contributed by atoms with Gasteiger partial charge in [-0.1, -0.05) is 13.8 Å². The number of carbonyl (C=O) groups excluding carboxylic acids is 1. The van der Waals surface area contributed by atoms with Crippen LogP contribution in [0.4, 0.5) is 0 Å². The minimum Gasteiger partial charge on any atom is -0.381 e. The smallest absolute Gasteiger partial charge is 0.183 e. The summed E-state index contributed by atoms with van der Waals surface area (Å²) in [4.78, 5) is 15.8. The van der Waals surface area contributed by atoms with E-state index in [0.717, 1.165) is 18.6 Å². The molecule has 0 aromatic carbocycles. The molecular formula is C14H21NO2. The summed E-state index contributed by atoms with van der Waals surface area (Å²) in [6.07, 6.45) is 3.12. The van der Waals surface area contributed by atoms with Crippen LogP contribution in [0.3, 0.4) is 0 Å². The molecule has 94 valence electrons. The molecular weight excluding hydrogens is 214 g/mol. The fourth-order valence-corrected chi connectivity index (χ4v) is 1.40. The third-order valence-corrected chi connectivity index (χ3v) is 2.51. The normalized spacial score (nSPS) is 10.8. The van der Waals surface area contributed by atoms with Gasteiger partial charge >= 0.3 is 0 Å². The standard InChI is InChI=1S/C14H21NO2/c1-11(2)5-8-17-9-6-14(16)13-10-12(3)4-7-15-13/h4,7,10-11H,5-6,8-9H2,1-3H3. The van der Waals surface area contributed by atoms with Gasteiger partial charge in [0.05, 0.1) is 6.61 Å². The maximum absolute atomic E-state index is 11.8. The molecule has 1 heterocycles. The third-order valence-electron chi connectivity index (χ3n) is 2.51. The van der Waals surface area contributed by atoms with Crippen LogP contribution in [0.25, 0.3) is 0 Å². The molecule has 0 unspecified atom stereocenters. The minimum absolute atomic E-state index is 0.0539. The lowest BCUT2D eigenvalue weighted by atomic mass is 10.1. The van der Waals surface area contributed by atoms with Crippen molar-refractivity contribution >= 4 is 5.78 Å². The summed E-state index contributed by atoms with van der Waals surface area (Å²) in [5, 5.41) is 0. The van der Waals surface area contributed by atoms with Crippen LogP contribution in [-0.2, 0) is 4.74 Å². The third kappa shape index (κ3) is 5.59. The van der Waals surface area contributed by atoms with Gasteiger partial charge in [-0.2, -0.15) is 0 Å². The van der Waals surface area contributed by atoms with Crippen LogP contribution >= 0.6 is 0 Å². The summed E-state index contributed by atoms with van der Waals surface area (Å²) in [6, 6.07) is 3.70. The van der Waals surface area contributed by atoms with E-state index in [-0.39, 0.29) is 5.78 Å². The molecule has 0 bridgehead atoms. The van der Waals surface area contributed by atoms with Crippen LogP contribution in [0, 0.1) is 12.8 Å². The van der Waals surface area contributed by atoms with Crippen molar-refractivity contribution in [2.75, 3.05) is 13.2 Å². The SMILES string of the molecule is Cc1ccnc(C(=O)CCOCCC(C)C)c1. The fraction of sp³-hybridized carbons (Fsp3) is 0.571. The molecule has 0 aliphatic carbocycles. The Morgan fingerprint density at radius 3 is 2.82 bits per heavy atom. The molecule has 3 heteroatoms. The number of aryl methyl sites for hydroxylation is 1. The van der Waals surface area contributed by atoms with Crippen LogP contribution < -0.4 is 0 Å². The minimum atomic E-state index is 0.0539. The van der Waals surface area contributed by atoms with E-state index in [1.54, 1.807) is 6.20 Å². The average molecular weight is 235 g/mol. The number of ether oxygens (including phenoxy) is 1. The molecule has 0 amide bonds. The Bertz CT molecular complexity index is 361. The van der Waals surface area contributed by atoms with Crippen molar-refractivity contribution in [2.24, 2.45) is 5.92 Å². The van der Waals surface area contributed by atoms with Crippen molar-refractivity contribution < 1.29 is 9.53 Å². The Labute approximate surface area is 103 Å². The number of hydrogen-bond donors (Lipinski definition) is 0. The first-order chi connectivity index (χ1) is 8.09. The molecule has 1 rings (SSSR count). The number of hydrogen-bond acceptors (Lipinski definition) is 3. The Hall–Kier alpha value is -1.22. The van der Waals surface area contributed by atoms with Gasteiger partial charge in [0.2, 0.25) is 0 Å². The Morgan fingerprint density at radius 1 is 1.41 bits per heavy atom. The number of carbonyl (C=O) groups is 1. The highest BCUT2D eigenvalue weighted by molar-refractivity contribution is 5.94. The predicted molar refractivity (Wildman–Crippen MR) is 68.2 cm³/mol. The summed E-state index contributed by atoms with van der Waals surface area (Å²) in [6.45, 7) is 7.49. The fourth-order valence-electron chi connectivity index (χ4n) is 1.40. The largest absolute Gasteiger partial charge is 0.381 e. The maximum atomic E-state index is 11.8. The summed E-state index contributed by atoms with van der Waals surface area (Å²) in [5.74, 6) is 0.697. The first-order valence-corrected chi connectivity index (χ1v) is 6.13. The van der Waals surface area contributed by atoms with Crippen LogP contribution in [-0.4, -0.2) is 24.0 Å². The summed E-state index contributed by atoms with van der Waals surface area (Å²) < 4.78 is 5.42. The zero-order valence-electron chi connectivity index (χ0n) is 10.9. The van der Waals surface area contributed by atoms with E-state index in [4.69, 9.17) is 4.74 Å². The Morgan fingerprint density at radius 2 is 2.18 bits per heavy atom. The molecule has 0 aliphatic rings. The van der Waals surface area contributed by atoms with Crippen molar-refractivity contribution in [1.82, 2.24) is 4.98 Å². The van der Waals surface area contributed by atoms with Gasteiger partial charge in [-0.25, -0.2) is 0 Å². The van der Waals surface area contributed by atoms with Gasteiger partial charge in [0.25, 0.3) is 0 Å². The van der Waals surface area contributed by atoms with Gasteiger partial charge < -0.3 is 4.74 Å². The van der Waals surface area contributed by atoms with Gasteiger partial charge in [0.15, 0.2) is 5.78 Å². The van der Waals surface area contributed by atoms with Crippen molar-refractivity contribution in [3.05, 3.63) is 29.6 Å². The second-order valence-electron chi connectivity index (χ2n) is 4.69. The lowest BCUT2D eigenvalue weighted by molar-refractivity contribution is 0.0856. The topological polar surface area (TPSA) is 39.2 Å². The van der Waals surface area contributed by atoms with Gasteiger partial charge in [0, 0.05) is 19.2 Å². The number of pyridine rings is 1. The summed E-state index contributed by atoms with van der Waals surface area (Å²) in [5.41, 5.74) is 1.60. The molecule has 0 saturated carbocycles. The quantitative estimate of drug-likeness (QED) is 0.538. The van der Waals surface area contributed by atoms with Crippen molar-refractivity contribution in [3.63, 3.8) is 0 Å². The van der Waals surface area contributed by atoms with E-state index in [1.165, 1.54) is 0 Å². The molecule has 0 spiro atoms. The Kier molecular flexibility index (Phi) is 5.84. The molecule has 1 aromatic heterocycles. The van der Waals surface area contributed by atoms with E-state index in [2.05, 4.69) is 18.8 Å². The van der Waals surface area contributed by atoms with Gasteiger partial charge in [-0.15, -0.1) is 0 Å². The monoisotopic (exact) mass is 235 g/mol. The van der Waals surface area contributed by atoms with Crippen molar-refractivity contribution in [3.8, 4) is 0 Å². The highest BCUT2D eigenvalue weighted by Crippen LogP contribution is 2.04. The predicted octanol–water partition coefficient (Wildman–Crippen LogP) is 3.03. The van der Waals surface area contributed by atoms with Crippen LogP contribution in [0.1, 0.15) is 42.7 Å². The van der Waals surface area contributed by atoms with E-state index < -0.39 is 0 Å². The zero-order chi connectivity index (χ0) is 12.7. The first kappa shape index (κ1) is 13.8. The van der Waals surface area contributed by atoms with Crippen LogP contribution in [0.2, 0.25) is 0 Å². The molecule has 17 heavy (non-hydrogen) atoms. The molecule has 3 nitrogen and oxygen atoms in total. The average Bonchev–Trinajstić information content (AvgIpc) is 2.28. The molecule has 1 aromatic rings. The summed E-state index contributed by atoms with van der Waals surface area (Å²) in [7, 11) is 0. The molecule has 0 saturated heterocycles. The first-order valence-electron chi connectivity index (χ1n) is 6.13. The number of aromatic nitrogens is 1. The highest BCUT2D eigenvalue weighted by Gasteiger charge is 2.07. The van der Waals surface area contributed by atoms with E-state index in [9.17, 15) is 4.79 Å². The lowest BCUT2D eigenvalue weighted by Gasteiger charge is -2.06. The van der Waals surface area contributed by atoms with Gasteiger partial charge in [-0.3, -0.25) is 9.78 Å². The number of Topliss-reactive ketones (excluding diaryl/α,β-unsaturated/α-hetero) is 1. The Balaban J connectivity index is 2.26. The van der Waals surface area contributed by atoms with Crippen molar-refractivity contribution in [2.45, 2.75) is 33.6 Å². The van der Waals surface area contributed by atoms with Crippen molar-refractivity contribution in [1.29, 1.82) is 0 Å². The molecule has 0 fully saturated rings.